The number of piperidine rings is 1. The molecule has 1 aliphatic rings. The van der Waals surface area contributed by atoms with Gasteiger partial charge in [0.15, 0.2) is 0 Å². The van der Waals surface area contributed by atoms with Crippen molar-refractivity contribution in [1.29, 1.82) is 0 Å². The van der Waals surface area contributed by atoms with E-state index in [0.29, 0.717) is 6.54 Å². The van der Waals surface area contributed by atoms with E-state index in [2.05, 4.69) is 44.9 Å². The molecule has 2 atom stereocenters. The average molecular weight is 427 g/mol. The highest BCUT2D eigenvalue weighted by molar-refractivity contribution is 9.10. The zero-order valence-electron chi connectivity index (χ0n) is 15.6. The van der Waals surface area contributed by atoms with Gasteiger partial charge in [0.2, 0.25) is 5.91 Å². The fraction of sp³-hybridized carbons (Fsp3) is 0.348. The number of rotatable bonds is 7. The van der Waals surface area contributed by atoms with Gasteiger partial charge >= 0.3 is 0 Å². The van der Waals surface area contributed by atoms with Crippen LogP contribution < -0.4 is 5.32 Å². The number of amides is 1. The van der Waals surface area contributed by atoms with E-state index in [-0.39, 0.29) is 17.9 Å². The van der Waals surface area contributed by atoms with Crippen LogP contribution in [0.2, 0.25) is 0 Å². The van der Waals surface area contributed by atoms with Crippen LogP contribution in [-0.4, -0.2) is 29.9 Å². The quantitative estimate of drug-likeness (QED) is 0.639. The van der Waals surface area contributed by atoms with Crippen molar-refractivity contribution < 1.29 is 4.79 Å². The molecule has 1 aliphatic heterocycles. The number of likely N-dealkylation sites (tertiary alicyclic amines) is 1. The normalized spacial score (nSPS) is 17.1. The maximum atomic E-state index is 13.2. The highest BCUT2D eigenvalue weighted by Gasteiger charge is 2.33. The van der Waals surface area contributed by atoms with E-state index < -0.39 is 0 Å². The van der Waals surface area contributed by atoms with Crippen molar-refractivity contribution in [2.24, 2.45) is 0 Å². The second-order valence-electron chi connectivity index (χ2n) is 7.06. The molecule has 0 bridgehead atoms. The van der Waals surface area contributed by atoms with E-state index in [1.165, 1.54) is 6.42 Å². The Hall–Kier alpha value is -1.91. The third kappa shape index (κ3) is 5.30. The van der Waals surface area contributed by atoms with E-state index in [9.17, 15) is 4.79 Å². The molecule has 1 N–H and O–H groups in total. The number of carbonyl (C=O) groups is 1. The van der Waals surface area contributed by atoms with Gasteiger partial charge in [0.1, 0.15) is 0 Å². The van der Waals surface area contributed by atoms with Gasteiger partial charge in [-0.3, -0.25) is 9.69 Å². The molecule has 2 aromatic rings. The minimum Gasteiger partial charge on any atom is -0.351 e. The minimum atomic E-state index is -0.229. The Morgan fingerprint density at radius 2 is 1.74 bits per heavy atom. The number of nitrogens with one attached hydrogen (secondary N) is 1. The van der Waals surface area contributed by atoms with E-state index in [1.54, 1.807) is 0 Å². The topological polar surface area (TPSA) is 32.3 Å². The van der Waals surface area contributed by atoms with Gasteiger partial charge in [-0.25, -0.2) is 0 Å². The molecule has 0 unspecified atom stereocenters. The van der Waals surface area contributed by atoms with Crippen molar-refractivity contribution in [2.45, 2.75) is 37.8 Å². The molecule has 1 fully saturated rings. The summed E-state index contributed by atoms with van der Waals surface area (Å²) in [5.41, 5.74) is 2.24. The van der Waals surface area contributed by atoms with Crippen molar-refractivity contribution in [3.8, 4) is 0 Å². The van der Waals surface area contributed by atoms with Gasteiger partial charge in [0.25, 0.3) is 0 Å². The number of nitrogens with zero attached hydrogens (tertiary/aromatic N) is 1. The van der Waals surface area contributed by atoms with Gasteiger partial charge in [-0.1, -0.05) is 70.9 Å². The van der Waals surface area contributed by atoms with Crippen LogP contribution in [0.5, 0.6) is 0 Å². The molecule has 142 valence electrons. The van der Waals surface area contributed by atoms with Crippen LogP contribution in [0.4, 0.5) is 0 Å². The first kappa shape index (κ1) is 19.8. The first-order valence-corrected chi connectivity index (χ1v) is 10.4. The summed E-state index contributed by atoms with van der Waals surface area (Å²) in [6.45, 7) is 6.53. The molecule has 3 nitrogen and oxygen atoms in total. The van der Waals surface area contributed by atoms with Crippen molar-refractivity contribution in [3.63, 3.8) is 0 Å². The molecule has 4 heteroatoms. The molecule has 1 saturated heterocycles. The van der Waals surface area contributed by atoms with Gasteiger partial charge in [-0.2, -0.15) is 0 Å². The standard InChI is InChI=1S/C23H27BrN2O/c1-2-21(19-11-13-20(24)14-12-19)22(26-15-7-4-8-16-26)23(27)25-17-18-9-5-3-6-10-18/h2-3,5-6,9-14,21-22H,1,4,7-8,15-17H2,(H,25,27)/t21-,22+/m1/s1. The Balaban J connectivity index is 1.81. The van der Waals surface area contributed by atoms with Crippen molar-refractivity contribution in [1.82, 2.24) is 10.2 Å². The van der Waals surface area contributed by atoms with Crippen LogP contribution in [-0.2, 0) is 11.3 Å². The van der Waals surface area contributed by atoms with E-state index >= 15 is 0 Å². The number of carbonyl (C=O) groups excluding carboxylic acids is 1. The van der Waals surface area contributed by atoms with E-state index in [1.807, 2.05) is 48.5 Å². The zero-order valence-corrected chi connectivity index (χ0v) is 17.2. The molecule has 1 heterocycles. The van der Waals surface area contributed by atoms with Crippen molar-refractivity contribution >= 4 is 21.8 Å². The maximum absolute atomic E-state index is 13.2. The maximum Gasteiger partial charge on any atom is 0.238 e. The lowest BCUT2D eigenvalue weighted by Gasteiger charge is -2.37. The second-order valence-corrected chi connectivity index (χ2v) is 7.97. The lowest BCUT2D eigenvalue weighted by Crippen LogP contribution is -2.51. The Bertz CT molecular complexity index is 739. The number of hydrogen-bond acceptors (Lipinski definition) is 2. The molecular weight excluding hydrogens is 400 g/mol. The minimum absolute atomic E-state index is 0.0352. The molecule has 0 aromatic heterocycles. The van der Waals surface area contributed by atoms with Gasteiger partial charge in [0.05, 0.1) is 6.04 Å². The fourth-order valence-corrected chi connectivity index (χ4v) is 4.04. The van der Waals surface area contributed by atoms with Gasteiger partial charge < -0.3 is 5.32 Å². The van der Waals surface area contributed by atoms with Gasteiger partial charge in [-0.05, 0) is 49.2 Å². The fourth-order valence-electron chi connectivity index (χ4n) is 3.77. The third-order valence-electron chi connectivity index (χ3n) is 5.21. The smallest absolute Gasteiger partial charge is 0.238 e. The molecule has 1 amide bonds. The molecule has 0 aliphatic carbocycles. The predicted octanol–water partition coefficient (Wildman–Crippen LogP) is 4.89. The molecular formula is C23H27BrN2O. The lowest BCUT2D eigenvalue weighted by atomic mass is 9.88. The number of halogens is 1. The van der Waals surface area contributed by atoms with Crippen LogP contribution in [0, 0.1) is 0 Å². The summed E-state index contributed by atoms with van der Waals surface area (Å²) in [6, 6.07) is 18.1. The van der Waals surface area contributed by atoms with E-state index in [4.69, 9.17) is 0 Å². The molecule has 0 radical (unpaired) electrons. The number of hydrogen-bond donors (Lipinski definition) is 1. The Morgan fingerprint density at radius 1 is 1.07 bits per heavy atom. The van der Waals surface area contributed by atoms with Crippen molar-refractivity contribution in [2.75, 3.05) is 13.1 Å². The molecule has 2 aromatic carbocycles. The summed E-state index contributed by atoms with van der Waals surface area (Å²) in [4.78, 5) is 15.6. The molecule has 0 saturated carbocycles. The zero-order chi connectivity index (χ0) is 19.1. The monoisotopic (exact) mass is 426 g/mol. The molecule has 0 spiro atoms. The van der Waals surface area contributed by atoms with Gasteiger partial charge in [0, 0.05) is 16.9 Å². The number of benzene rings is 2. The van der Waals surface area contributed by atoms with Crippen LogP contribution in [0.1, 0.15) is 36.3 Å². The van der Waals surface area contributed by atoms with Crippen LogP contribution in [0.25, 0.3) is 0 Å². The summed E-state index contributed by atoms with van der Waals surface area (Å²) in [5.74, 6) is 0.0422. The summed E-state index contributed by atoms with van der Waals surface area (Å²) in [6.07, 6.45) is 5.45. The average Bonchev–Trinajstić information content (AvgIpc) is 2.72. The van der Waals surface area contributed by atoms with Crippen LogP contribution >= 0.6 is 15.9 Å². The lowest BCUT2D eigenvalue weighted by molar-refractivity contribution is -0.127. The highest BCUT2D eigenvalue weighted by Crippen LogP contribution is 2.28. The molecule has 3 rings (SSSR count). The first-order valence-electron chi connectivity index (χ1n) is 9.63. The second kappa shape index (κ2) is 9.86. The third-order valence-corrected chi connectivity index (χ3v) is 5.74. The predicted molar refractivity (Wildman–Crippen MR) is 115 cm³/mol. The summed E-state index contributed by atoms with van der Waals surface area (Å²) < 4.78 is 1.04. The van der Waals surface area contributed by atoms with E-state index in [0.717, 1.165) is 41.5 Å². The van der Waals surface area contributed by atoms with Gasteiger partial charge in [-0.15, -0.1) is 6.58 Å². The largest absolute Gasteiger partial charge is 0.351 e. The molecule has 27 heavy (non-hydrogen) atoms. The van der Waals surface area contributed by atoms with Crippen LogP contribution in [0.15, 0.2) is 71.7 Å². The summed E-state index contributed by atoms with van der Waals surface area (Å²) >= 11 is 3.49. The Labute approximate surface area is 170 Å². The SMILES string of the molecule is C=C[C@H](c1ccc(Br)cc1)[C@@H](C(=O)NCc1ccccc1)N1CCCCC1. The van der Waals surface area contributed by atoms with Crippen molar-refractivity contribution in [3.05, 3.63) is 82.9 Å². The Morgan fingerprint density at radius 3 is 2.37 bits per heavy atom. The summed E-state index contributed by atoms with van der Waals surface area (Å²) in [7, 11) is 0. The van der Waals surface area contributed by atoms with Crippen LogP contribution in [0.3, 0.4) is 0 Å². The Kier molecular flexibility index (Phi) is 7.25. The highest BCUT2D eigenvalue weighted by atomic mass is 79.9. The first-order chi connectivity index (χ1) is 13.2. The summed E-state index contributed by atoms with van der Waals surface area (Å²) in [5, 5.41) is 3.15.